The van der Waals surface area contributed by atoms with E-state index in [1.54, 1.807) is 0 Å². The summed E-state index contributed by atoms with van der Waals surface area (Å²) in [6, 6.07) is 4.82. The number of hydrogen-bond donors (Lipinski definition) is 1. The van der Waals surface area contributed by atoms with Gasteiger partial charge in [-0.3, -0.25) is 0 Å². The summed E-state index contributed by atoms with van der Waals surface area (Å²) >= 11 is 2.19. The molecule has 0 bridgehead atoms. The molecule has 1 heterocycles. The van der Waals surface area contributed by atoms with E-state index in [0.717, 1.165) is 20.6 Å². The van der Waals surface area contributed by atoms with E-state index in [1.165, 1.54) is 12.1 Å². The van der Waals surface area contributed by atoms with Crippen LogP contribution in [0.15, 0.2) is 18.2 Å². The summed E-state index contributed by atoms with van der Waals surface area (Å²) in [5.41, 5.74) is 2.44. The van der Waals surface area contributed by atoms with E-state index in [-0.39, 0.29) is 5.82 Å². The van der Waals surface area contributed by atoms with Gasteiger partial charge in [-0.2, -0.15) is 0 Å². The molecule has 18 heavy (non-hydrogen) atoms. The minimum Gasteiger partial charge on any atom is -0.372 e. The second kappa shape index (κ2) is 5.17. The van der Waals surface area contributed by atoms with E-state index in [0.29, 0.717) is 11.4 Å². The molecule has 0 fully saturated rings. The molecule has 0 aliphatic carbocycles. The van der Waals surface area contributed by atoms with Crippen LogP contribution in [-0.2, 0) is 0 Å². The van der Waals surface area contributed by atoms with Crippen LogP contribution in [0, 0.1) is 23.2 Å². The van der Waals surface area contributed by atoms with Gasteiger partial charge in [0.05, 0.1) is 9.26 Å². The summed E-state index contributed by atoms with van der Waals surface area (Å²) in [4.78, 5) is 8.82. The fourth-order valence-electron chi connectivity index (χ4n) is 1.72. The molecule has 2 aromatic rings. The van der Waals surface area contributed by atoms with Crippen LogP contribution in [0.4, 0.5) is 10.2 Å². The minimum absolute atomic E-state index is 0.268. The van der Waals surface area contributed by atoms with Gasteiger partial charge in [0.1, 0.15) is 11.6 Å². The van der Waals surface area contributed by atoms with Crippen LogP contribution in [0.5, 0.6) is 0 Å². The Labute approximate surface area is 119 Å². The maximum absolute atomic E-state index is 13.4. The Morgan fingerprint density at radius 2 is 1.89 bits per heavy atom. The number of nitrogens with zero attached hydrogens (tertiary/aromatic N) is 2. The monoisotopic (exact) mass is 357 g/mol. The highest BCUT2D eigenvalue weighted by molar-refractivity contribution is 14.1. The standard InChI is InChI=1S/C13H13FIN3/c1-7-4-9(6-10(14)5-7)12-17-8(2)11(15)13(16-3)18-12/h4-6H,1-3H3,(H,16,17,18). The Bertz CT molecular complexity index is 579. The lowest BCUT2D eigenvalue weighted by Crippen LogP contribution is -2.03. The molecule has 5 heteroatoms. The molecule has 1 N–H and O–H groups in total. The molecule has 0 amide bonds. The quantitative estimate of drug-likeness (QED) is 0.836. The fourth-order valence-corrected chi connectivity index (χ4v) is 2.23. The van der Waals surface area contributed by atoms with Crippen LogP contribution in [-0.4, -0.2) is 17.0 Å². The Kier molecular flexibility index (Phi) is 3.79. The Hall–Kier alpha value is -1.24. The predicted octanol–water partition coefficient (Wildman–Crippen LogP) is 3.55. The molecule has 0 saturated carbocycles. The van der Waals surface area contributed by atoms with Crippen LogP contribution in [0.1, 0.15) is 11.3 Å². The molecule has 1 aromatic carbocycles. The van der Waals surface area contributed by atoms with Gasteiger partial charge in [-0.15, -0.1) is 0 Å². The Balaban J connectivity index is 2.60. The van der Waals surface area contributed by atoms with Gasteiger partial charge < -0.3 is 5.32 Å². The first-order chi connectivity index (χ1) is 8.51. The van der Waals surface area contributed by atoms with E-state index in [1.807, 2.05) is 27.0 Å². The molecule has 0 unspecified atom stereocenters. The highest BCUT2D eigenvalue weighted by atomic mass is 127. The third-order valence-electron chi connectivity index (χ3n) is 2.55. The average molecular weight is 357 g/mol. The molecule has 0 radical (unpaired) electrons. The summed E-state index contributed by atoms with van der Waals surface area (Å²) in [6.07, 6.45) is 0. The Morgan fingerprint density at radius 1 is 1.17 bits per heavy atom. The summed E-state index contributed by atoms with van der Waals surface area (Å²) in [6.45, 7) is 3.77. The van der Waals surface area contributed by atoms with Crippen LogP contribution >= 0.6 is 22.6 Å². The zero-order chi connectivity index (χ0) is 13.3. The second-order valence-electron chi connectivity index (χ2n) is 4.06. The van der Waals surface area contributed by atoms with Crippen molar-refractivity contribution in [3.05, 3.63) is 38.8 Å². The van der Waals surface area contributed by atoms with Gasteiger partial charge in [0.25, 0.3) is 0 Å². The maximum Gasteiger partial charge on any atom is 0.161 e. The van der Waals surface area contributed by atoms with Crippen molar-refractivity contribution < 1.29 is 4.39 Å². The van der Waals surface area contributed by atoms with Crippen molar-refractivity contribution in [2.75, 3.05) is 12.4 Å². The third kappa shape index (κ3) is 2.60. The van der Waals surface area contributed by atoms with Gasteiger partial charge in [-0.1, -0.05) is 0 Å². The molecule has 1 aromatic heterocycles. The normalized spacial score (nSPS) is 10.5. The highest BCUT2D eigenvalue weighted by Gasteiger charge is 2.10. The molecule has 0 atom stereocenters. The van der Waals surface area contributed by atoms with Crippen molar-refractivity contribution in [2.24, 2.45) is 0 Å². The number of halogens is 2. The lowest BCUT2D eigenvalue weighted by atomic mass is 10.1. The molecule has 0 spiro atoms. The van der Waals surface area contributed by atoms with Crippen LogP contribution < -0.4 is 5.32 Å². The molecule has 0 aliphatic rings. The summed E-state index contributed by atoms with van der Waals surface area (Å²) in [7, 11) is 1.81. The topological polar surface area (TPSA) is 37.8 Å². The minimum atomic E-state index is -0.268. The van der Waals surface area contributed by atoms with Gasteiger partial charge in [0, 0.05) is 12.6 Å². The second-order valence-corrected chi connectivity index (χ2v) is 5.14. The smallest absolute Gasteiger partial charge is 0.161 e. The summed E-state index contributed by atoms with van der Waals surface area (Å²) in [5.74, 6) is 1.04. The number of hydrogen-bond acceptors (Lipinski definition) is 3. The van der Waals surface area contributed by atoms with Crippen LogP contribution in [0.25, 0.3) is 11.4 Å². The summed E-state index contributed by atoms with van der Waals surface area (Å²) < 4.78 is 14.4. The lowest BCUT2D eigenvalue weighted by molar-refractivity contribution is 0.627. The number of aromatic nitrogens is 2. The van der Waals surface area contributed by atoms with Crippen LogP contribution in [0.2, 0.25) is 0 Å². The number of anilines is 1. The summed E-state index contributed by atoms with van der Waals surface area (Å²) in [5, 5.41) is 3.02. The van der Waals surface area contributed by atoms with Crippen molar-refractivity contribution in [2.45, 2.75) is 13.8 Å². The lowest BCUT2D eigenvalue weighted by Gasteiger charge is -2.09. The predicted molar refractivity (Wildman–Crippen MR) is 79.2 cm³/mol. The largest absolute Gasteiger partial charge is 0.372 e. The molecule has 0 aliphatic heterocycles. The van der Waals surface area contributed by atoms with Gasteiger partial charge in [-0.05, 0) is 60.2 Å². The Morgan fingerprint density at radius 3 is 2.50 bits per heavy atom. The SMILES string of the molecule is CNc1nc(-c2cc(C)cc(F)c2)nc(C)c1I. The molecule has 94 valence electrons. The molecule has 3 nitrogen and oxygen atoms in total. The zero-order valence-electron chi connectivity index (χ0n) is 10.4. The number of aryl methyl sites for hydroxylation is 2. The van der Waals surface area contributed by atoms with Gasteiger partial charge in [-0.25, -0.2) is 14.4 Å². The molecular formula is C13H13FIN3. The zero-order valence-corrected chi connectivity index (χ0v) is 12.5. The first-order valence-corrected chi connectivity index (χ1v) is 6.58. The van der Waals surface area contributed by atoms with E-state index in [2.05, 4.69) is 37.9 Å². The number of nitrogens with one attached hydrogen (secondary N) is 1. The number of rotatable bonds is 2. The maximum atomic E-state index is 13.4. The molecular weight excluding hydrogens is 344 g/mol. The van der Waals surface area contributed by atoms with Gasteiger partial charge in [0.2, 0.25) is 0 Å². The van der Waals surface area contributed by atoms with Crippen LogP contribution in [0.3, 0.4) is 0 Å². The first kappa shape index (κ1) is 13.2. The van der Waals surface area contributed by atoms with Gasteiger partial charge >= 0.3 is 0 Å². The van der Waals surface area contributed by atoms with Crippen molar-refractivity contribution >= 4 is 28.4 Å². The molecule has 0 saturated heterocycles. The molecule has 2 rings (SSSR count). The van der Waals surface area contributed by atoms with E-state index >= 15 is 0 Å². The first-order valence-electron chi connectivity index (χ1n) is 5.50. The van der Waals surface area contributed by atoms with Gasteiger partial charge in [0.15, 0.2) is 5.82 Å². The third-order valence-corrected chi connectivity index (χ3v) is 3.85. The fraction of sp³-hybridized carbons (Fsp3) is 0.231. The van der Waals surface area contributed by atoms with E-state index in [4.69, 9.17) is 0 Å². The van der Waals surface area contributed by atoms with Crippen molar-refractivity contribution in [1.29, 1.82) is 0 Å². The van der Waals surface area contributed by atoms with E-state index in [9.17, 15) is 4.39 Å². The van der Waals surface area contributed by atoms with E-state index < -0.39 is 0 Å². The van der Waals surface area contributed by atoms with Crippen molar-refractivity contribution in [3.63, 3.8) is 0 Å². The highest BCUT2D eigenvalue weighted by Crippen LogP contribution is 2.24. The average Bonchev–Trinajstić information content (AvgIpc) is 2.31. The van der Waals surface area contributed by atoms with Crippen molar-refractivity contribution in [3.8, 4) is 11.4 Å². The number of benzene rings is 1. The van der Waals surface area contributed by atoms with Crippen molar-refractivity contribution in [1.82, 2.24) is 9.97 Å².